The van der Waals surface area contributed by atoms with Crippen molar-refractivity contribution in [3.05, 3.63) is 16.5 Å². The van der Waals surface area contributed by atoms with Gasteiger partial charge in [0.1, 0.15) is 4.21 Å². The number of hydrogen-bond acceptors (Lipinski definition) is 6. The Morgan fingerprint density at radius 1 is 1.37 bits per heavy atom. The van der Waals surface area contributed by atoms with Crippen LogP contribution in [0.15, 0.2) is 10.3 Å². The van der Waals surface area contributed by atoms with Crippen LogP contribution in [0.1, 0.15) is 10.4 Å². The Labute approximate surface area is 116 Å². The van der Waals surface area contributed by atoms with Crippen LogP contribution in [0.3, 0.4) is 0 Å². The summed E-state index contributed by atoms with van der Waals surface area (Å²) < 4.78 is 48.7. The lowest BCUT2D eigenvalue weighted by Gasteiger charge is -2.25. The Hall–Kier alpha value is -0.480. The molecule has 2 heterocycles. The number of sulfone groups is 1. The van der Waals surface area contributed by atoms with E-state index in [1.54, 1.807) is 6.92 Å². The summed E-state index contributed by atoms with van der Waals surface area (Å²) in [5, 5.41) is 9.10. The summed E-state index contributed by atoms with van der Waals surface area (Å²) in [6.45, 7) is 1.54. The fraction of sp³-hybridized carbons (Fsp3) is 0.600. The molecular formula is C10H15NO5S3. The number of aliphatic hydroxyl groups excluding tert-OH is 1. The molecule has 19 heavy (non-hydrogen) atoms. The average molecular weight is 325 g/mol. The van der Waals surface area contributed by atoms with Gasteiger partial charge in [-0.15, -0.1) is 11.3 Å². The van der Waals surface area contributed by atoms with Crippen LogP contribution >= 0.6 is 11.3 Å². The maximum atomic E-state index is 12.3. The van der Waals surface area contributed by atoms with Crippen molar-refractivity contribution in [1.29, 1.82) is 0 Å². The molecule has 1 aliphatic heterocycles. The zero-order valence-electron chi connectivity index (χ0n) is 10.4. The summed E-state index contributed by atoms with van der Waals surface area (Å²) in [5.41, 5.74) is 0.732. The minimum absolute atomic E-state index is 0.00390. The van der Waals surface area contributed by atoms with E-state index in [1.807, 2.05) is 0 Å². The van der Waals surface area contributed by atoms with Crippen LogP contribution in [0, 0.1) is 6.92 Å². The lowest BCUT2D eigenvalue weighted by molar-refractivity contribution is 0.285. The first-order valence-corrected chi connectivity index (χ1v) is 9.75. The van der Waals surface area contributed by atoms with Gasteiger partial charge in [-0.3, -0.25) is 0 Å². The number of hydrogen-bond donors (Lipinski definition) is 1. The fourth-order valence-electron chi connectivity index (χ4n) is 1.84. The van der Waals surface area contributed by atoms with Crippen LogP contribution in [-0.4, -0.2) is 50.8 Å². The second-order valence-corrected chi connectivity index (χ2v) is 9.99. The van der Waals surface area contributed by atoms with Crippen LogP contribution in [0.4, 0.5) is 0 Å². The van der Waals surface area contributed by atoms with E-state index in [-0.39, 0.29) is 35.4 Å². The van der Waals surface area contributed by atoms with Crippen molar-refractivity contribution < 1.29 is 21.9 Å². The van der Waals surface area contributed by atoms with Gasteiger partial charge in [0.25, 0.3) is 10.0 Å². The molecule has 9 heteroatoms. The molecule has 0 amide bonds. The van der Waals surface area contributed by atoms with Crippen LogP contribution < -0.4 is 0 Å². The summed E-state index contributed by atoms with van der Waals surface area (Å²) >= 11 is 1.03. The normalized spacial score (nSPS) is 20.5. The number of rotatable bonds is 3. The standard InChI is InChI=1S/C10H15NO5S3/c1-8-6-10(17-9(8)7-12)19(15,16)11-2-4-18(13,14)5-3-11/h6,12H,2-5,7H2,1H3. The molecule has 6 nitrogen and oxygen atoms in total. The van der Waals surface area contributed by atoms with Gasteiger partial charge in [0.05, 0.1) is 18.1 Å². The van der Waals surface area contributed by atoms with Crippen molar-refractivity contribution in [2.24, 2.45) is 0 Å². The van der Waals surface area contributed by atoms with Gasteiger partial charge >= 0.3 is 0 Å². The minimum atomic E-state index is -3.65. The lowest BCUT2D eigenvalue weighted by Crippen LogP contribution is -2.43. The van der Waals surface area contributed by atoms with Crippen molar-refractivity contribution >= 4 is 31.2 Å². The van der Waals surface area contributed by atoms with Gasteiger partial charge in [0, 0.05) is 18.0 Å². The topological polar surface area (TPSA) is 91.8 Å². The molecule has 0 spiro atoms. The van der Waals surface area contributed by atoms with Crippen molar-refractivity contribution in [2.75, 3.05) is 24.6 Å². The molecule has 1 aromatic heterocycles. The molecule has 0 atom stereocenters. The number of aryl methyl sites for hydroxylation is 1. The highest BCUT2D eigenvalue weighted by Gasteiger charge is 2.32. The number of sulfonamides is 1. The largest absolute Gasteiger partial charge is 0.391 e. The third-order valence-corrected chi connectivity index (χ3v) is 8.22. The van der Waals surface area contributed by atoms with Gasteiger partial charge in [-0.25, -0.2) is 16.8 Å². The average Bonchev–Trinajstić information content (AvgIpc) is 2.70. The number of thiophene rings is 1. The predicted molar refractivity (Wildman–Crippen MR) is 72.4 cm³/mol. The van der Waals surface area contributed by atoms with E-state index in [4.69, 9.17) is 5.11 Å². The maximum Gasteiger partial charge on any atom is 0.252 e. The molecule has 0 radical (unpaired) electrons. The van der Waals surface area contributed by atoms with E-state index in [2.05, 4.69) is 0 Å². The maximum absolute atomic E-state index is 12.3. The second kappa shape index (κ2) is 5.13. The molecule has 2 rings (SSSR count). The van der Waals surface area contributed by atoms with E-state index in [9.17, 15) is 16.8 Å². The highest BCUT2D eigenvalue weighted by molar-refractivity contribution is 7.92. The first-order chi connectivity index (χ1) is 8.76. The molecule has 1 saturated heterocycles. The molecule has 0 aromatic carbocycles. The van der Waals surface area contributed by atoms with Gasteiger partial charge < -0.3 is 5.11 Å². The third-order valence-electron chi connectivity index (χ3n) is 3.04. The van der Waals surface area contributed by atoms with Gasteiger partial charge in [-0.2, -0.15) is 4.31 Å². The summed E-state index contributed by atoms with van der Waals surface area (Å²) in [4.78, 5) is 0.614. The molecule has 1 fully saturated rings. The Morgan fingerprint density at radius 3 is 2.42 bits per heavy atom. The predicted octanol–water partition coefficient (Wildman–Crippen LogP) is -0.0321. The smallest absolute Gasteiger partial charge is 0.252 e. The Balaban J connectivity index is 2.28. The van der Waals surface area contributed by atoms with Crippen molar-refractivity contribution in [2.45, 2.75) is 17.7 Å². The first-order valence-electron chi connectivity index (χ1n) is 5.67. The summed E-state index contributed by atoms with van der Waals surface area (Å²) in [6.07, 6.45) is 0. The first kappa shape index (κ1) is 14.9. The number of aliphatic hydroxyl groups is 1. The fourth-order valence-corrected chi connectivity index (χ4v) is 6.31. The molecule has 1 aromatic rings. The summed E-state index contributed by atoms with van der Waals surface area (Å²) in [6, 6.07) is 1.52. The van der Waals surface area contributed by atoms with Gasteiger partial charge in [-0.05, 0) is 18.6 Å². The summed E-state index contributed by atoms with van der Waals surface area (Å²) in [5.74, 6) is -0.271. The number of nitrogens with zero attached hydrogens (tertiary/aromatic N) is 1. The SMILES string of the molecule is Cc1cc(S(=O)(=O)N2CCS(=O)(=O)CC2)sc1CO. The molecular weight excluding hydrogens is 310 g/mol. The quantitative estimate of drug-likeness (QED) is 0.842. The highest BCUT2D eigenvalue weighted by atomic mass is 32.2. The minimum Gasteiger partial charge on any atom is -0.391 e. The van der Waals surface area contributed by atoms with E-state index in [1.165, 1.54) is 10.4 Å². The van der Waals surface area contributed by atoms with Crippen LogP contribution in [0.25, 0.3) is 0 Å². The van der Waals surface area contributed by atoms with Gasteiger partial charge in [-0.1, -0.05) is 0 Å². The van der Waals surface area contributed by atoms with Gasteiger partial charge in [0.15, 0.2) is 9.84 Å². The van der Waals surface area contributed by atoms with Crippen molar-refractivity contribution in [1.82, 2.24) is 4.31 Å². The zero-order chi connectivity index (χ0) is 14.3. The molecule has 0 aliphatic carbocycles. The monoisotopic (exact) mass is 325 g/mol. The van der Waals surface area contributed by atoms with Crippen molar-refractivity contribution in [3.63, 3.8) is 0 Å². The van der Waals surface area contributed by atoms with E-state index in [0.29, 0.717) is 4.88 Å². The van der Waals surface area contributed by atoms with Crippen molar-refractivity contribution in [3.8, 4) is 0 Å². The van der Waals surface area contributed by atoms with Crippen LogP contribution in [-0.2, 0) is 26.5 Å². The van der Waals surface area contributed by atoms with Gasteiger partial charge in [0.2, 0.25) is 0 Å². The summed E-state index contributed by atoms with van der Waals surface area (Å²) in [7, 11) is -6.76. The zero-order valence-corrected chi connectivity index (χ0v) is 12.8. The molecule has 0 bridgehead atoms. The Morgan fingerprint density at radius 2 is 1.95 bits per heavy atom. The Bertz CT molecular complexity index is 660. The lowest BCUT2D eigenvalue weighted by atomic mass is 10.3. The molecule has 0 saturated carbocycles. The highest BCUT2D eigenvalue weighted by Crippen LogP contribution is 2.29. The van der Waals surface area contributed by atoms with E-state index >= 15 is 0 Å². The van der Waals surface area contributed by atoms with E-state index in [0.717, 1.165) is 16.9 Å². The molecule has 108 valence electrons. The molecule has 1 N–H and O–H groups in total. The van der Waals surface area contributed by atoms with Crippen LogP contribution in [0.2, 0.25) is 0 Å². The molecule has 0 unspecified atom stereocenters. The van der Waals surface area contributed by atoms with E-state index < -0.39 is 19.9 Å². The third kappa shape index (κ3) is 3.00. The van der Waals surface area contributed by atoms with Crippen LogP contribution in [0.5, 0.6) is 0 Å². The molecule has 1 aliphatic rings. The second-order valence-electron chi connectivity index (χ2n) is 4.39. The Kier molecular flexibility index (Phi) is 4.03.